The molecule has 2 aromatic carbocycles. The molecule has 0 N–H and O–H groups in total. The van der Waals surface area contributed by atoms with Gasteiger partial charge in [-0.25, -0.2) is 0 Å². The lowest BCUT2D eigenvalue weighted by Crippen LogP contribution is -2.48. The van der Waals surface area contributed by atoms with Crippen molar-refractivity contribution in [3.8, 4) is 17.6 Å². The topological polar surface area (TPSA) is 91.0 Å². The first-order valence-corrected chi connectivity index (χ1v) is 17.2. The lowest BCUT2D eigenvalue weighted by molar-refractivity contribution is -0.122. The lowest BCUT2D eigenvalue weighted by atomic mass is 10.0. The van der Waals surface area contributed by atoms with Crippen LogP contribution in [0.5, 0.6) is 11.5 Å². The Balaban J connectivity index is 1.45. The minimum absolute atomic E-state index is 0.114. The molecule has 11 heteroatoms. The molecule has 0 radical (unpaired) electrons. The molecule has 0 saturated carbocycles. The summed E-state index contributed by atoms with van der Waals surface area (Å²) in [6.45, 7) is 8.75. The number of piperazine rings is 1. The molecule has 3 heterocycles. The van der Waals surface area contributed by atoms with Gasteiger partial charge in [0.15, 0.2) is 11.5 Å². The van der Waals surface area contributed by atoms with Gasteiger partial charge in [-0.15, -0.1) is 0 Å². The smallest absolute Gasteiger partial charge is 0.270 e. The van der Waals surface area contributed by atoms with E-state index in [1.54, 1.807) is 23.7 Å². The molecule has 0 aliphatic carbocycles. The number of carbonyl (C=O) groups excluding carboxylic acids is 1. The Morgan fingerprint density at radius 2 is 1.70 bits per heavy atom. The van der Waals surface area contributed by atoms with Crippen LogP contribution >= 0.6 is 24.0 Å². The number of amides is 1. The number of methoxy groups -OCH3 is 2. The SMILES string of the molecule is CCCCn1c(N2CCN(Cc3ccccc3)CC2)c(/C=C2/SC(=S)N(CCc3ccc(OC)c(OC)c3)C2=O)c(C)c(C#N)c1=O. The van der Waals surface area contributed by atoms with Crippen LogP contribution in [0.25, 0.3) is 6.08 Å². The Kier molecular flexibility index (Phi) is 11.4. The van der Waals surface area contributed by atoms with E-state index in [0.29, 0.717) is 45.8 Å². The average Bonchev–Trinajstić information content (AvgIpc) is 3.36. The molecule has 0 spiro atoms. The Morgan fingerprint density at radius 3 is 2.36 bits per heavy atom. The van der Waals surface area contributed by atoms with Gasteiger partial charge in [-0.05, 0) is 54.7 Å². The first-order valence-electron chi connectivity index (χ1n) is 15.9. The van der Waals surface area contributed by atoms with Crippen LogP contribution in [0.15, 0.2) is 58.2 Å². The molecule has 0 atom stereocenters. The molecule has 246 valence electrons. The fraction of sp³-hybridized carbons (Fsp3) is 0.389. The summed E-state index contributed by atoms with van der Waals surface area (Å²) < 4.78 is 13.0. The number of nitriles is 1. The number of hydrogen-bond acceptors (Lipinski definition) is 9. The van der Waals surface area contributed by atoms with Crippen LogP contribution in [0.3, 0.4) is 0 Å². The van der Waals surface area contributed by atoms with Crippen molar-refractivity contribution in [2.24, 2.45) is 0 Å². The molecule has 2 fully saturated rings. The standard InChI is InChI=1S/C36H41N5O4S2/c1-5-6-15-40-33(39-19-17-38(18-20-39)24-27-10-8-7-9-11-27)28(25(2)29(23-37)34(40)42)22-32-35(43)41(36(46)47-32)16-14-26-12-13-30(44-3)31(21-26)45-4/h7-13,21-22H,5-6,14-20,24H2,1-4H3/b32-22+. The van der Waals surface area contributed by atoms with Crippen LogP contribution in [-0.2, 0) is 24.3 Å². The van der Waals surface area contributed by atoms with Crippen molar-refractivity contribution in [3.05, 3.63) is 91.6 Å². The third-order valence-electron chi connectivity index (χ3n) is 8.72. The molecule has 3 aromatic rings. The maximum absolute atomic E-state index is 13.8. The Hall–Kier alpha value is -4.11. The van der Waals surface area contributed by atoms with Crippen LogP contribution in [-0.4, -0.2) is 71.5 Å². The van der Waals surface area contributed by atoms with E-state index in [4.69, 9.17) is 21.7 Å². The highest BCUT2D eigenvalue weighted by Crippen LogP contribution is 2.37. The molecule has 1 amide bonds. The number of ether oxygens (including phenoxy) is 2. The van der Waals surface area contributed by atoms with Gasteiger partial charge in [0, 0.05) is 51.4 Å². The van der Waals surface area contributed by atoms with Gasteiger partial charge in [-0.3, -0.25) is 24.0 Å². The Bertz CT molecular complexity index is 1760. The largest absolute Gasteiger partial charge is 0.493 e. The van der Waals surface area contributed by atoms with Gasteiger partial charge in [0.05, 0.1) is 19.1 Å². The maximum Gasteiger partial charge on any atom is 0.270 e. The van der Waals surface area contributed by atoms with Crippen molar-refractivity contribution < 1.29 is 14.3 Å². The van der Waals surface area contributed by atoms with E-state index in [2.05, 4.69) is 47.1 Å². The third kappa shape index (κ3) is 7.56. The van der Waals surface area contributed by atoms with E-state index in [1.165, 1.54) is 17.3 Å². The fourth-order valence-corrected chi connectivity index (χ4v) is 7.36. The van der Waals surface area contributed by atoms with Crippen LogP contribution < -0.4 is 19.9 Å². The van der Waals surface area contributed by atoms with Crippen LogP contribution in [0.2, 0.25) is 0 Å². The van der Waals surface area contributed by atoms with Crippen LogP contribution in [0, 0.1) is 18.3 Å². The van der Waals surface area contributed by atoms with E-state index < -0.39 is 0 Å². The second-order valence-corrected chi connectivity index (χ2v) is 13.4. The van der Waals surface area contributed by atoms with Crippen molar-refractivity contribution in [1.82, 2.24) is 14.4 Å². The molecular formula is C36H41N5O4S2. The molecule has 2 saturated heterocycles. The number of unbranched alkanes of at least 4 members (excludes halogenated alkanes) is 1. The second kappa shape index (κ2) is 15.7. The number of benzene rings is 2. The first-order chi connectivity index (χ1) is 22.8. The monoisotopic (exact) mass is 671 g/mol. The van der Waals surface area contributed by atoms with E-state index in [9.17, 15) is 14.9 Å². The quantitative estimate of drug-likeness (QED) is 0.180. The summed E-state index contributed by atoms with van der Waals surface area (Å²) in [5.74, 6) is 1.87. The number of aromatic nitrogens is 1. The molecule has 2 aliphatic rings. The normalized spacial score (nSPS) is 16.2. The second-order valence-electron chi connectivity index (χ2n) is 11.7. The number of pyridine rings is 1. The minimum atomic E-state index is -0.278. The summed E-state index contributed by atoms with van der Waals surface area (Å²) in [6, 6.07) is 18.3. The van der Waals surface area contributed by atoms with Gasteiger partial charge >= 0.3 is 0 Å². The zero-order valence-corrected chi connectivity index (χ0v) is 29.1. The van der Waals surface area contributed by atoms with Gasteiger partial charge in [0.25, 0.3) is 11.5 Å². The summed E-state index contributed by atoms with van der Waals surface area (Å²) in [7, 11) is 3.19. The summed E-state index contributed by atoms with van der Waals surface area (Å²) in [6.07, 6.45) is 4.13. The Labute approximate surface area is 286 Å². The molecule has 9 nitrogen and oxygen atoms in total. The van der Waals surface area contributed by atoms with Gasteiger partial charge < -0.3 is 14.4 Å². The minimum Gasteiger partial charge on any atom is -0.493 e. The van der Waals surface area contributed by atoms with Crippen molar-refractivity contribution in [1.29, 1.82) is 5.26 Å². The van der Waals surface area contributed by atoms with E-state index >= 15 is 0 Å². The molecule has 1 aromatic heterocycles. The third-order valence-corrected chi connectivity index (χ3v) is 10.1. The Morgan fingerprint density at radius 1 is 0.979 bits per heavy atom. The highest BCUT2D eigenvalue weighted by atomic mass is 32.2. The molecule has 5 rings (SSSR count). The molecule has 0 unspecified atom stereocenters. The highest BCUT2D eigenvalue weighted by molar-refractivity contribution is 8.26. The number of hydrogen-bond donors (Lipinski definition) is 0. The zero-order valence-electron chi connectivity index (χ0n) is 27.5. The van der Waals surface area contributed by atoms with Crippen LogP contribution in [0.1, 0.15) is 47.6 Å². The molecule has 2 aliphatic heterocycles. The molecule has 47 heavy (non-hydrogen) atoms. The number of rotatable bonds is 12. The first kappa shape index (κ1) is 34.2. The van der Waals surface area contributed by atoms with Crippen molar-refractivity contribution in [2.75, 3.05) is 51.8 Å². The molecular weight excluding hydrogens is 631 g/mol. The van der Waals surface area contributed by atoms with E-state index in [1.807, 2.05) is 37.3 Å². The van der Waals surface area contributed by atoms with Crippen molar-refractivity contribution >= 4 is 46.1 Å². The predicted molar refractivity (Wildman–Crippen MR) is 192 cm³/mol. The summed E-state index contributed by atoms with van der Waals surface area (Å²) in [4.78, 5) is 34.3. The summed E-state index contributed by atoms with van der Waals surface area (Å²) in [5, 5.41) is 10.1. The van der Waals surface area contributed by atoms with Crippen LogP contribution in [0.4, 0.5) is 5.82 Å². The van der Waals surface area contributed by atoms with E-state index in [0.717, 1.165) is 62.5 Å². The van der Waals surface area contributed by atoms with Crippen molar-refractivity contribution in [3.63, 3.8) is 0 Å². The van der Waals surface area contributed by atoms with E-state index in [-0.39, 0.29) is 17.0 Å². The summed E-state index contributed by atoms with van der Waals surface area (Å²) >= 11 is 6.94. The van der Waals surface area contributed by atoms with Gasteiger partial charge in [-0.2, -0.15) is 5.26 Å². The number of thioether (sulfide) groups is 1. The average molecular weight is 672 g/mol. The maximum atomic E-state index is 13.8. The fourth-order valence-electron chi connectivity index (χ4n) is 6.07. The summed E-state index contributed by atoms with van der Waals surface area (Å²) in [5.41, 5.74) is 3.41. The predicted octanol–water partition coefficient (Wildman–Crippen LogP) is 5.61. The lowest BCUT2D eigenvalue weighted by Gasteiger charge is -2.38. The zero-order chi connectivity index (χ0) is 33.5. The van der Waals surface area contributed by atoms with Gasteiger partial charge in [0.1, 0.15) is 21.8 Å². The number of carbonyl (C=O) groups is 1. The van der Waals surface area contributed by atoms with Crippen molar-refractivity contribution in [2.45, 2.75) is 46.2 Å². The number of anilines is 1. The van der Waals surface area contributed by atoms with Gasteiger partial charge in [0.2, 0.25) is 0 Å². The highest BCUT2D eigenvalue weighted by Gasteiger charge is 2.33. The van der Waals surface area contributed by atoms with Gasteiger partial charge in [-0.1, -0.05) is 73.7 Å². The number of nitrogens with zero attached hydrogens (tertiary/aromatic N) is 5. The number of thiocarbonyl (C=S) groups is 1. The molecule has 0 bridgehead atoms.